The third-order valence-corrected chi connectivity index (χ3v) is 5.17. The Morgan fingerprint density at radius 1 is 1.54 bits per heavy atom. The van der Waals surface area contributed by atoms with Gasteiger partial charge in [0.2, 0.25) is 0 Å². The van der Waals surface area contributed by atoms with Crippen molar-refractivity contribution in [2.24, 2.45) is 0 Å². The number of aliphatic hydroxyl groups is 1. The first kappa shape index (κ1) is 17.1. The third-order valence-electron chi connectivity index (χ3n) is 4.10. The SMILES string of the molecule is Cc1ccc(CCNC(=O)c2cc(CN3CCCC(O)C3)on2)s1. The predicted molar refractivity (Wildman–Crippen MR) is 92.1 cm³/mol. The van der Waals surface area contributed by atoms with Crippen LogP contribution in [0.3, 0.4) is 0 Å². The van der Waals surface area contributed by atoms with Crippen LogP contribution in [-0.4, -0.2) is 46.8 Å². The summed E-state index contributed by atoms with van der Waals surface area (Å²) in [6.45, 7) is 4.80. The third kappa shape index (κ3) is 4.66. The van der Waals surface area contributed by atoms with Crippen molar-refractivity contribution in [2.45, 2.75) is 38.8 Å². The first-order valence-electron chi connectivity index (χ1n) is 8.29. The van der Waals surface area contributed by atoms with Crippen molar-refractivity contribution in [3.8, 4) is 0 Å². The lowest BCUT2D eigenvalue weighted by Crippen LogP contribution is -2.37. The molecule has 0 bridgehead atoms. The van der Waals surface area contributed by atoms with Gasteiger partial charge in [-0.1, -0.05) is 5.16 Å². The smallest absolute Gasteiger partial charge is 0.273 e. The molecule has 0 aliphatic carbocycles. The van der Waals surface area contributed by atoms with Crippen molar-refractivity contribution >= 4 is 17.2 Å². The van der Waals surface area contributed by atoms with Gasteiger partial charge in [0.05, 0.1) is 12.6 Å². The van der Waals surface area contributed by atoms with E-state index in [1.807, 2.05) is 0 Å². The lowest BCUT2D eigenvalue weighted by molar-refractivity contribution is 0.0622. The molecule has 1 amide bonds. The van der Waals surface area contributed by atoms with Crippen molar-refractivity contribution in [2.75, 3.05) is 19.6 Å². The predicted octanol–water partition coefficient (Wildman–Crippen LogP) is 1.97. The van der Waals surface area contributed by atoms with Crippen LogP contribution in [0.4, 0.5) is 0 Å². The minimum absolute atomic E-state index is 0.211. The molecule has 1 aliphatic rings. The topological polar surface area (TPSA) is 78.6 Å². The van der Waals surface area contributed by atoms with Crippen LogP contribution in [0.25, 0.3) is 0 Å². The first-order valence-corrected chi connectivity index (χ1v) is 9.11. The minimum atomic E-state index is -0.273. The number of aryl methyl sites for hydroxylation is 1. The largest absolute Gasteiger partial charge is 0.392 e. The molecule has 7 heteroatoms. The monoisotopic (exact) mass is 349 g/mol. The molecule has 0 radical (unpaired) electrons. The molecule has 3 heterocycles. The van der Waals surface area contributed by atoms with Gasteiger partial charge >= 0.3 is 0 Å². The minimum Gasteiger partial charge on any atom is -0.392 e. The zero-order chi connectivity index (χ0) is 16.9. The summed E-state index contributed by atoms with van der Waals surface area (Å²) in [7, 11) is 0. The standard InChI is InChI=1S/C17H23N3O3S/c1-12-4-5-15(24-12)6-7-18-17(22)16-9-14(23-19-16)11-20-8-2-3-13(21)10-20/h4-5,9,13,21H,2-3,6-8,10-11H2,1H3,(H,18,22). The number of hydrogen-bond acceptors (Lipinski definition) is 6. The quantitative estimate of drug-likeness (QED) is 0.834. The summed E-state index contributed by atoms with van der Waals surface area (Å²) < 4.78 is 5.26. The molecule has 0 saturated carbocycles. The molecule has 1 saturated heterocycles. The number of β-amino-alcohol motifs (C(OH)–C–C–N with tert-alkyl or cyclic N) is 1. The Hall–Kier alpha value is -1.70. The molecule has 1 atom stereocenters. The number of rotatable bonds is 6. The van der Waals surface area contributed by atoms with Gasteiger partial charge in [0, 0.05) is 28.9 Å². The molecule has 1 aliphatic heterocycles. The average Bonchev–Trinajstić information content (AvgIpc) is 3.16. The van der Waals surface area contributed by atoms with E-state index in [1.54, 1.807) is 17.4 Å². The number of carbonyl (C=O) groups is 1. The highest BCUT2D eigenvalue weighted by Crippen LogP contribution is 2.16. The molecule has 3 rings (SSSR count). The summed E-state index contributed by atoms with van der Waals surface area (Å²) in [6.07, 6.45) is 2.38. The van der Waals surface area contributed by atoms with Crippen LogP contribution in [0.5, 0.6) is 0 Å². The number of hydrogen-bond donors (Lipinski definition) is 2. The number of piperidine rings is 1. The van der Waals surface area contributed by atoms with Crippen LogP contribution in [0.2, 0.25) is 0 Å². The van der Waals surface area contributed by atoms with E-state index in [9.17, 15) is 9.90 Å². The van der Waals surface area contributed by atoms with E-state index in [2.05, 4.69) is 34.4 Å². The highest BCUT2D eigenvalue weighted by atomic mass is 32.1. The van der Waals surface area contributed by atoms with Crippen LogP contribution >= 0.6 is 11.3 Å². The van der Waals surface area contributed by atoms with Gasteiger partial charge < -0.3 is 14.9 Å². The Balaban J connectivity index is 1.46. The van der Waals surface area contributed by atoms with Gasteiger partial charge in [-0.3, -0.25) is 9.69 Å². The van der Waals surface area contributed by atoms with Gasteiger partial charge in [-0.2, -0.15) is 0 Å². The molecule has 2 N–H and O–H groups in total. The van der Waals surface area contributed by atoms with Gasteiger partial charge in [0.25, 0.3) is 5.91 Å². The van der Waals surface area contributed by atoms with Crippen molar-refractivity contribution in [3.05, 3.63) is 39.4 Å². The second-order valence-electron chi connectivity index (χ2n) is 6.23. The number of aliphatic hydroxyl groups excluding tert-OH is 1. The first-order chi connectivity index (χ1) is 11.6. The molecule has 6 nitrogen and oxygen atoms in total. The summed E-state index contributed by atoms with van der Waals surface area (Å²) in [5, 5.41) is 16.4. The fourth-order valence-electron chi connectivity index (χ4n) is 2.90. The molecule has 2 aromatic rings. The Morgan fingerprint density at radius 3 is 3.17 bits per heavy atom. The number of thiophene rings is 1. The van der Waals surface area contributed by atoms with E-state index in [0.717, 1.165) is 25.8 Å². The molecular formula is C17H23N3O3S. The van der Waals surface area contributed by atoms with E-state index < -0.39 is 0 Å². The maximum atomic E-state index is 12.1. The van der Waals surface area contributed by atoms with E-state index >= 15 is 0 Å². The number of nitrogens with one attached hydrogen (secondary N) is 1. The zero-order valence-electron chi connectivity index (χ0n) is 13.8. The van der Waals surface area contributed by atoms with Gasteiger partial charge in [0.15, 0.2) is 11.5 Å². The lowest BCUT2D eigenvalue weighted by atomic mass is 10.1. The second kappa shape index (κ2) is 7.92. The van der Waals surface area contributed by atoms with Gasteiger partial charge in [-0.05, 0) is 44.9 Å². The van der Waals surface area contributed by atoms with Crippen LogP contribution < -0.4 is 5.32 Å². The number of amides is 1. The summed E-state index contributed by atoms with van der Waals surface area (Å²) in [5.74, 6) is 0.445. The van der Waals surface area contributed by atoms with Crippen molar-refractivity contribution in [3.63, 3.8) is 0 Å². The fourth-order valence-corrected chi connectivity index (χ4v) is 3.79. The van der Waals surface area contributed by atoms with Crippen LogP contribution in [-0.2, 0) is 13.0 Å². The molecule has 2 aromatic heterocycles. The Bertz CT molecular complexity index is 682. The van der Waals surface area contributed by atoms with Crippen LogP contribution in [0.1, 0.15) is 38.8 Å². The molecule has 130 valence electrons. The highest BCUT2D eigenvalue weighted by Gasteiger charge is 2.20. The van der Waals surface area contributed by atoms with E-state index in [1.165, 1.54) is 9.75 Å². The Labute approximate surface area is 145 Å². The fraction of sp³-hybridized carbons (Fsp3) is 0.529. The summed E-state index contributed by atoms with van der Waals surface area (Å²) >= 11 is 1.75. The lowest BCUT2D eigenvalue weighted by Gasteiger charge is -2.28. The van der Waals surface area contributed by atoms with Crippen LogP contribution in [0.15, 0.2) is 22.7 Å². The molecule has 24 heavy (non-hydrogen) atoms. The number of nitrogens with zero attached hydrogens (tertiary/aromatic N) is 2. The normalized spacial score (nSPS) is 18.7. The molecule has 0 spiro atoms. The second-order valence-corrected chi connectivity index (χ2v) is 7.60. The molecule has 1 unspecified atom stereocenters. The van der Waals surface area contributed by atoms with E-state index in [0.29, 0.717) is 31.1 Å². The van der Waals surface area contributed by atoms with Gasteiger partial charge in [-0.25, -0.2) is 0 Å². The summed E-state index contributed by atoms with van der Waals surface area (Å²) in [5.41, 5.74) is 0.310. The Morgan fingerprint density at radius 2 is 2.42 bits per heavy atom. The average molecular weight is 349 g/mol. The Kier molecular flexibility index (Phi) is 5.65. The number of aromatic nitrogens is 1. The zero-order valence-corrected chi connectivity index (χ0v) is 14.6. The number of carbonyl (C=O) groups excluding carboxylic acids is 1. The van der Waals surface area contributed by atoms with E-state index in [4.69, 9.17) is 4.52 Å². The van der Waals surface area contributed by atoms with Gasteiger partial charge in [-0.15, -0.1) is 11.3 Å². The summed E-state index contributed by atoms with van der Waals surface area (Å²) in [4.78, 5) is 16.8. The molecule has 1 fully saturated rings. The highest BCUT2D eigenvalue weighted by molar-refractivity contribution is 7.11. The molecular weight excluding hydrogens is 326 g/mol. The van der Waals surface area contributed by atoms with E-state index in [-0.39, 0.29) is 12.0 Å². The maximum Gasteiger partial charge on any atom is 0.273 e. The maximum absolute atomic E-state index is 12.1. The summed E-state index contributed by atoms with van der Waals surface area (Å²) in [6, 6.07) is 5.86. The number of likely N-dealkylation sites (tertiary alicyclic amines) is 1. The molecule has 0 aromatic carbocycles. The van der Waals surface area contributed by atoms with Crippen LogP contribution in [0, 0.1) is 6.92 Å². The van der Waals surface area contributed by atoms with Crippen molar-refractivity contribution in [1.82, 2.24) is 15.4 Å². The van der Waals surface area contributed by atoms with Crippen molar-refractivity contribution in [1.29, 1.82) is 0 Å². The van der Waals surface area contributed by atoms with Gasteiger partial charge in [0.1, 0.15) is 0 Å². The van der Waals surface area contributed by atoms with Crippen molar-refractivity contribution < 1.29 is 14.4 Å².